The fourth-order valence-electron chi connectivity index (χ4n) is 2.02. The van der Waals surface area contributed by atoms with Crippen molar-refractivity contribution < 1.29 is 0 Å². The molecule has 0 bridgehead atoms. The second-order valence-electron chi connectivity index (χ2n) is 4.38. The standard InChI is InChI=1S/C16H16N2/c1-3-10-18-15(8-9-16(18)12-17)11-14-6-4-13(2)5-7-14/h3-9H,1,10-11H2,2H3. The Morgan fingerprint density at radius 3 is 2.56 bits per heavy atom. The fourth-order valence-corrected chi connectivity index (χ4v) is 2.02. The van der Waals surface area contributed by atoms with Crippen LogP contribution in [0, 0.1) is 18.3 Å². The number of nitriles is 1. The van der Waals surface area contributed by atoms with Crippen molar-refractivity contribution in [1.29, 1.82) is 5.26 Å². The Hall–Kier alpha value is -2.27. The fraction of sp³-hybridized carbons (Fsp3) is 0.188. The number of hydrogen-bond acceptors (Lipinski definition) is 1. The second-order valence-corrected chi connectivity index (χ2v) is 4.38. The second kappa shape index (κ2) is 5.37. The number of benzene rings is 1. The van der Waals surface area contributed by atoms with Crippen LogP contribution in [0.25, 0.3) is 0 Å². The van der Waals surface area contributed by atoms with E-state index in [1.807, 2.05) is 22.8 Å². The lowest BCUT2D eigenvalue weighted by Crippen LogP contribution is -2.04. The lowest BCUT2D eigenvalue weighted by Gasteiger charge is -2.08. The van der Waals surface area contributed by atoms with Crippen molar-refractivity contribution >= 4 is 0 Å². The van der Waals surface area contributed by atoms with Gasteiger partial charge in [0.25, 0.3) is 0 Å². The number of hydrogen-bond donors (Lipinski definition) is 0. The van der Waals surface area contributed by atoms with E-state index >= 15 is 0 Å². The third-order valence-corrected chi connectivity index (χ3v) is 3.00. The topological polar surface area (TPSA) is 28.7 Å². The van der Waals surface area contributed by atoms with E-state index in [4.69, 9.17) is 5.26 Å². The summed E-state index contributed by atoms with van der Waals surface area (Å²) < 4.78 is 2.01. The van der Waals surface area contributed by atoms with Crippen LogP contribution in [0.3, 0.4) is 0 Å². The summed E-state index contributed by atoms with van der Waals surface area (Å²) in [6.07, 6.45) is 2.66. The van der Waals surface area contributed by atoms with Gasteiger partial charge in [0.1, 0.15) is 11.8 Å². The van der Waals surface area contributed by atoms with Gasteiger partial charge in [0.05, 0.1) is 0 Å². The molecule has 0 radical (unpaired) electrons. The summed E-state index contributed by atoms with van der Waals surface area (Å²) in [7, 11) is 0. The molecule has 0 aliphatic rings. The van der Waals surface area contributed by atoms with Crippen LogP contribution in [-0.2, 0) is 13.0 Å². The Kier molecular flexibility index (Phi) is 3.64. The van der Waals surface area contributed by atoms with Gasteiger partial charge in [-0.1, -0.05) is 35.9 Å². The van der Waals surface area contributed by atoms with E-state index in [0.29, 0.717) is 12.2 Å². The van der Waals surface area contributed by atoms with Crippen LogP contribution in [0.1, 0.15) is 22.5 Å². The molecule has 0 saturated heterocycles. The van der Waals surface area contributed by atoms with Crippen molar-refractivity contribution in [1.82, 2.24) is 4.57 Å². The van der Waals surface area contributed by atoms with Crippen LogP contribution in [0.2, 0.25) is 0 Å². The summed E-state index contributed by atoms with van der Waals surface area (Å²) in [5, 5.41) is 9.06. The molecule has 0 atom stereocenters. The molecular weight excluding hydrogens is 220 g/mol. The van der Waals surface area contributed by atoms with Gasteiger partial charge in [0, 0.05) is 18.7 Å². The van der Waals surface area contributed by atoms with Gasteiger partial charge >= 0.3 is 0 Å². The summed E-state index contributed by atoms with van der Waals surface area (Å²) in [6.45, 7) is 6.50. The molecule has 90 valence electrons. The Morgan fingerprint density at radius 1 is 1.22 bits per heavy atom. The highest BCUT2D eigenvalue weighted by Crippen LogP contribution is 2.14. The van der Waals surface area contributed by atoms with E-state index in [1.54, 1.807) is 0 Å². The first-order chi connectivity index (χ1) is 8.74. The van der Waals surface area contributed by atoms with Crippen LogP contribution in [0.4, 0.5) is 0 Å². The molecule has 0 unspecified atom stereocenters. The molecular formula is C16H16N2. The van der Waals surface area contributed by atoms with E-state index in [-0.39, 0.29) is 0 Å². The third kappa shape index (κ3) is 2.52. The van der Waals surface area contributed by atoms with Crippen LogP contribution in [0.15, 0.2) is 49.1 Å². The summed E-state index contributed by atoms with van der Waals surface area (Å²) in [5.41, 5.74) is 4.36. The van der Waals surface area contributed by atoms with Crippen molar-refractivity contribution in [3.63, 3.8) is 0 Å². The molecule has 0 saturated carbocycles. The zero-order valence-corrected chi connectivity index (χ0v) is 10.6. The van der Waals surface area contributed by atoms with E-state index in [1.165, 1.54) is 11.1 Å². The number of aryl methyl sites for hydroxylation is 1. The maximum atomic E-state index is 9.06. The Balaban J connectivity index is 2.29. The number of rotatable bonds is 4. The largest absolute Gasteiger partial charge is 0.332 e. The molecule has 1 aromatic carbocycles. The molecule has 1 heterocycles. The molecule has 0 N–H and O–H groups in total. The predicted octanol–water partition coefficient (Wildman–Crippen LogP) is 3.45. The molecule has 2 nitrogen and oxygen atoms in total. The van der Waals surface area contributed by atoms with Crippen LogP contribution in [-0.4, -0.2) is 4.57 Å². The van der Waals surface area contributed by atoms with Crippen molar-refractivity contribution in [3.05, 3.63) is 71.6 Å². The highest BCUT2D eigenvalue weighted by molar-refractivity contribution is 5.32. The van der Waals surface area contributed by atoms with Crippen molar-refractivity contribution in [2.24, 2.45) is 0 Å². The Labute approximate surface area is 108 Å². The van der Waals surface area contributed by atoms with Gasteiger partial charge in [0.2, 0.25) is 0 Å². The first-order valence-corrected chi connectivity index (χ1v) is 5.99. The van der Waals surface area contributed by atoms with Gasteiger partial charge in [-0.25, -0.2) is 0 Å². The first-order valence-electron chi connectivity index (χ1n) is 5.99. The van der Waals surface area contributed by atoms with Crippen molar-refractivity contribution in [2.45, 2.75) is 19.9 Å². The first kappa shape index (κ1) is 12.2. The zero-order valence-electron chi connectivity index (χ0n) is 10.6. The minimum absolute atomic E-state index is 0.678. The third-order valence-electron chi connectivity index (χ3n) is 3.00. The number of allylic oxidation sites excluding steroid dienone is 1. The smallest absolute Gasteiger partial charge is 0.120 e. The lowest BCUT2D eigenvalue weighted by atomic mass is 10.1. The average Bonchev–Trinajstić information content (AvgIpc) is 2.75. The van der Waals surface area contributed by atoms with Gasteiger partial charge in [-0.15, -0.1) is 6.58 Å². The van der Waals surface area contributed by atoms with Gasteiger partial charge in [0.15, 0.2) is 0 Å². The average molecular weight is 236 g/mol. The maximum Gasteiger partial charge on any atom is 0.120 e. The number of aromatic nitrogens is 1. The quantitative estimate of drug-likeness (QED) is 0.747. The zero-order chi connectivity index (χ0) is 13.0. The highest BCUT2D eigenvalue weighted by atomic mass is 15.0. The van der Waals surface area contributed by atoms with Crippen molar-refractivity contribution in [3.8, 4) is 6.07 Å². The SMILES string of the molecule is C=CCn1c(C#N)ccc1Cc1ccc(C)cc1. The molecule has 0 amide bonds. The molecule has 1 aromatic heterocycles. The van der Waals surface area contributed by atoms with E-state index in [0.717, 1.165) is 12.1 Å². The monoisotopic (exact) mass is 236 g/mol. The summed E-state index contributed by atoms with van der Waals surface area (Å²) in [6, 6.07) is 14.6. The lowest BCUT2D eigenvalue weighted by molar-refractivity contribution is 0.767. The Bertz CT molecular complexity index is 583. The molecule has 18 heavy (non-hydrogen) atoms. The summed E-state index contributed by atoms with van der Waals surface area (Å²) in [5.74, 6) is 0. The molecule has 0 fully saturated rings. The van der Waals surface area contributed by atoms with Gasteiger partial charge in [-0.3, -0.25) is 0 Å². The van der Waals surface area contributed by atoms with Crippen LogP contribution >= 0.6 is 0 Å². The predicted molar refractivity (Wildman–Crippen MR) is 73.3 cm³/mol. The summed E-state index contributed by atoms with van der Waals surface area (Å²) >= 11 is 0. The molecule has 2 rings (SSSR count). The molecule has 0 spiro atoms. The summed E-state index contributed by atoms with van der Waals surface area (Å²) in [4.78, 5) is 0. The van der Waals surface area contributed by atoms with E-state index in [9.17, 15) is 0 Å². The molecule has 2 heteroatoms. The minimum atomic E-state index is 0.678. The number of nitrogens with zero attached hydrogens (tertiary/aromatic N) is 2. The van der Waals surface area contributed by atoms with Gasteiger partial charge < -0.3 is 4.57 Å². The van der Waals surface area contributed by atoms with Crippen molar-refractivity contribution in [2.75, 3.05) is 0 Å². The van der Waals surface area contributed by atoms with Gasteiger partial charge in [-0.05, 0) is 24.6 Å². The minimum Gasteiger partial charge on any atom is -0.332 e. The van der Waals surface area contributed by atoms with Crippen LogP contribution in [0.5, 0.6) is 0 Å². The molecule has 0 aliphatic carbocycles. The Morgan fingerprint density at radius 2 is 1.94 bits per heavy atom. The normalized spacial score (nSPS) is 10.0. The van der Waals surface area contributed by atoms with E-state index < -0.39 is 0 Å². The highest BCUT2D eigenvalue weighted by Gasteiger charge is 2.07. The van der Waals surface area contributed by atoms with E-state index in [2.05, 4.69) is 43.8 Å². The van der Waals surface area contributed by atoms with Crippen LogP contribution < -0.4 is 0 Å². The van der Waals surface area contributed by atoms with Gasteiger partial charge in [-0.2, -0.15) is 5.26 Å². The molecule has 2 aromatic rings. The maximum absolute atomic E-state index is 9.06. The molecule has 0 aliphatic heterocycles.